The highest BCUT2D eigenvalue weighted by atomic mass is 31.2. The Morgan fingerprint density at radius 3 is 1.49 bits per heavy atom. The van der Waals surface area contributed by atoms with Crippen LogP contribution in [0.1, 0.15) is 194 Å². The van der Waals surface area contributed by atoms with E-state index in [1.807, 2.05) is 21.1 Å². The minimum absolute atomic E-state index is 0.0286. The van der Waals surface area contributed by atoms with E-state index in [0.717, 1.165) is 32.1 Å². The first-order valence-electron chi connectivity index (χ1n) is 21.4. The number of nitrogens with zero attached hydrogens (tertiary/aromatic N) is 1. The molecule has 0 radical (unpaired) electrons. The average molecular weight is 746 g/mol. The van der Waals surface area contributed by atoms with Crippen LogP contribution in [-0.4, -0.2) is 70.7 Å². The topological polar surface area (TPSA) is 94.1 Å². The molecule has 0 heterocycles. The Labute approximate surface area is 316 Å². The Balaban J connectivity index is 4.18. The number of phosphoric acid groups is 1. The Bertz CT molecular complexity index is 833. The van der Waals surface area contributed by atoms with Gasteiger partial charge in [0, 0.05) is 13.0 Å². The third-order valence-corrected chi connectivity index (χ3v) is 10.3. The Hall–Kier alpha value is -0.760. The largest absolute Gasteiger partial charge is 0.756 e. The second-order valence-corrected chi connectivity index (χ2v) is 17.1. The molecule has 51 heavy (non-hydrogen) atoms. The molecule has 2 unspecified atom stereocenters. The number of rotatable bonds is 40. The molecule has 0 aliphatic heterocycles. The van der Waals surface area contributed by atoms with Crippen molar-refractivity contribution >= 4 is 13.8 Å². The SMILES string of the molecule is CCCCCCCC/C=C\CCCCCCCCCCOCC(COP(=O)([O-])OCC[N+](C)(C)C)OC(=O)CCCCCCCCCCCCC. The molecule has 0 aliphatic carbocycles. The number of hydrogen-bond acceptors (Lipinski definition) is 7. The van der Waals surface area contributed by atoms with Gasteiger partial charge in [0.25, 0.3) is 7.82 Å². The van der Waals surface area contributed by atoms with Gasteiger partial charge in [-0.3, -0.25) is 9.36 Å². The number of allylic oxidation sites excluding steroid dienone is 2. The van der Waals surface area contributed by atoms with Crippen LogP contribution in [0.25, 0.3) is 0 Å². The third kappa shape index (κ3) is 40.3. The fraction of sp³-hybridized carbons (Fsp3) is 0.929. The molecule has 0 aromatic rings. The zero-order chi connectivity index (χ0) is 37.7. The molecular weight excluding hydrogens is 661 g/mol. The van der Waals surface area contributed by atoms with E-state index < -0.39 is 13.9 Å². The normalized spacial score (nSPS) is 13.9. The zero-order valence-corrected chi connectivity index (χ0v) is 35.2. The fourth-order valence-electron chi connectivity index (χ4n) is 5.95. The number of carbonyl (C=O) groups excluding carboxylic acids is 1. The number of likely N-dealkylation sites (N-methyl/N-ethyl adjacent to an activating group) is 1. The van der Waals surface area contributed by atoms with Crippen LogP contribution < -0.4 is 4.89 Å². The van der Waals surface area contributed by atoms with Gasteiger partial charge in [-0.15, -0.1) is 0 Å². The van der Waals surface area contributed by atoms with Gasteiger partial charge in [0.05, 0.1) is 34.4 Å². The lowest BCUT2D eigenvalue weighted by Crippen LogP contribution is -2.37. The van der Waals surface area contributed by atoms with Gasteiger partial charge >= 0.3 is 5.97 Å². The Morgan fingerprint density at radius 1 is 0.588 bits per heavy atom. The average Bonchev–Trinajstić information content (AvgIpc) is 3.08. The van der Waals surface area contributed by atoms with Gasteiger partial charge < -0.3 is 27.9 Å². The van der Waals surface area contributed by atoms with E-state index in [0.29, 0.717) is 24.1 Å². The smallest absolute Gasteiger partial charge is 0.306 e. The minimum Gasteiger partial charge on any atom is -0.756 e. The van der Waals surface area contributed by atoms with Crippen molar-refractivity contribution in [3.8, 4) is 0 Å². The van der Waals surface area contributed by atoms with Gasteiger partial charge in [-0.2, -0.15) is 0 Å². The first-order valence-corrected chi connectivity index (χ1v) is 22.9. The van der Waals surface area contributed by atoms with Crippen LogP contribution in [-0.2, 0) is 27.9 Å². The molecule has 0 saturated heterocycles. The molecule has 0 amide bonds. The van der Waals surface area contributed by atoms with E-state index in [-0.39, 0.29) is 25.8 Å². The number of carbonyl (C=O) groups is 1. The van der Waals surface area contributed by atoms with Crippen molar-refractivity contribution in [2.24, 2.45) is 0 Å². The molecule has 0 rings (SSSR count). The van der Waals surface area contributed by atoms with Gasteiger partial charge in [-0.1, -0.05) is 161 Å². The first-order chi connectivity index (χ1) is 24.6. The van der Waals surface area contributed by atoms with E-state index in [4.69, 9.17) is 18.5 Å². The van der Waals surface area contributed by atoms with Crippen LogP contribution in [0.3, 0.4) is 0 Å². The quantitative estimate of drug-likeness (QED) is 0.0203. The van der Waals surface area contributed by atoms with E-state index in [9.17, 15) is 14.3 Å². The van der Waals surface area contributed by atoms with Crippen LogP contribution in [0.15, 0.2) is 12.2 Å². The predicted octanol–water partition coefficient (Wildman–Crippen LogP) is 11.6. The Kier molecular flexibility index (Phi) is 35.7. The van der Waals surface area contributed by atoms with Crippen molar-refractivity contribution < 1.29 is 37.3 Å². The van der Waals surface area contributed by atoms with Gasteiger partial charge in [0.1, 0.15) is 19.3 Å². The fourth-order valence-corrected chi connectivity index (χ4v) is 6.68. The van der Waals surface area contributed by atoms with Crippen molar-refractivity contribution in [1.82, 2.24) is 0 Å². The van der Waals surface area contributed by atoms with Crippen molar-refractivity contribution in [3.05, 3.63) is 12.2 Å². The monoisotopic (exact) mass is 746 g/mol. The minimum atomic E-state index is -4.51. The maximum Gasteiger partial charge on any atom is 0.306 e. The molecule has 0 bridgehead atoms. The summed E-state index contributed by atoms with van der Waals surface area (Å²) in [4.78, 5) is 25.0. The molecule has 8 nitrogen and oxygen atoms in total. The van der Waals surface area contributed by atoms with Crippen molar-refractivity contribution in [2.45, 2.75) is 200 Å². The van der Waals surface area contributed by atoms with Crippen molar-refractivity contribution in [2.75, 3.05) is 54.1 Å². The highest BCUT2D eigenvalue weighted by Gasteiger charge is 2.20. The lowest BCUT2D eigenvalue weighted by atomic mass is 10.1. The van der Waals surface area contributed by atoms with E-state index in [1.54, 1.807) is 0 Å². The van der Waals surface area contributed by atoms with Crippen molar-refractivity contribution in [1.29, 1.82) is 0 Å². The molecule has 0 fully saturated rings. The first kappa shape index (κ1) is 50.2. The highest BCUT2D eigenvalue weighted by Crippen LogP contribution is 2.38. The van der Waals surface area contributed by atoms with Crippen LogP contribution >= 0.6 is 7.82 Å². The molecule has 304 valence electrons. The molecule has 0 aromatic carbocycles. The second-order valence-electron chi connectivity index (χ2n) is 15.7. The van der Waals surface area contributed by atoms with Crippen LogP contribution in [0.4, 0.5) is 0 Å². The Morgan fingerprint density at radius 2 is 1.02 bits per heavy atom. The lowest BCUT2D eigenvalue weighted by molar-refractivity contribution is -0.870. The molecule has 0 N–H and O–H groups in total. The van der Waals surface area contributed by atoms with E-state index in [1.165, 1.54) is 141 Å². The molecular formula is C42H84NO7P. The maximum atomic E-state index is 12.6. The van der Waals surface area contributed by atoms with Crippen LogP contribution in [0.5, 0.6) is 0 Å². The summed E-state index contributed by atoms with van der Waals surface area (Å²) in [5.74, 6) is -0.334. The standard InChI is InChI=1S/C42H84NO7P/c1-6-8-10-12-14-16-18-19-20-21-22-23-24-26-28-30-32-34-37-47-39-41(40-49-51(45,46)48-38-36-43(3,4)5)50-42(44)35-33-31-29-27-25-17-15-13-11-9-7-2/h19-20,41H,6-18,21-40H2,1-5H3/b20-19-. The molecule has 0 aliphatic rings. The summed E-state index contributed by atoms with van der Waals surface area (Å²) in [7, 11) is 1.36. The highest BCUT2D eigenvalue weighted by molar-refractivity contribution is 7.45. The van der Waals surface area contributed by atoms with Crippen molar-refractivity contribution in [3.63, 3.8) is 0 Å². The summed E-state index contributed by atoms with van der Waals surface area (Å²) >= 11 is 0. The number of phosphoric ester groups is 1. The summed E-state index contributed by atoms with van der Waals surface area (Å²) in [6.07, 6.45) is 37.9. The number of esters is 1. The van der Waals surface area contributed by atoms with Gasteiger partial charge in [-0.05, 0) is 38.5 Å². The molecule has 9 heteroatoms. The zero-order valence-electron chi connectivity index (χ0n) is 34.3. The summed E-state index contributed by atoms with van der Waals surface area (Å²) in [5, 5.41) is 0. The maximum absolute atomic E-state index is 12.6. The third-order valence-electron chi connectivity index (χ3n) is 9.32. The summed E-state index contributed by atoms with van der Waals surface area (Å²) in [6, 6.07) is 0. The molecule has 0 saturated carbocycles. The summed E-state index contributed by atoms with van der Waals surface area (Å²) < 4.78 is 34.5. The van der Waals surface area contributed by atoms with Crippen LogP contribution in [0, 0.1) is 0 Å². The lowest BCUT2D eigenvalue weighted by Gasteiger charge is -2.28. The van der Waals surface area contributed by atoms with Crippen LogP contribution in [0.2, 0.25) is 0 Å². The molecule has 0 aromatic heterocycles. The number of ether oxygens (including phenoxy) is 2. The van der Waals surface area contributed by atoms with Gasteiger partial charge in [0.15, 0.2) is 0 Å². The van der Waals surface area contributed by atoms with Gasteiger partial charge in [-0.25, -0.2) is 0 Å². The molecule has 0 spiro atoms. The van der Waals surface area contributed by atoms with E-state index in [2.05, 4.69) is 26.0 Å². The number of unbranched alkanes of at least 4 members (excludes halogenated alkanes) is 24. The summed E-state index contributed by atoms with van der Waals surface area (Å²) in [5.41, 5.74) is 0. The van der Waals surface area contributed by atoms with E-state index >= 15 is 0 Å². The summed E-state index contributed by atoms with van der Waals surface area (Å²) in [6.45, 7) is 5.42. The molecule has 2 atom stereocenters. The predicted molar refractivity (Wildman–Crippen MR) is 213 cm³/mol. The number of quaternary nitrogens is 1. The second kappa shape index (κ2) is 36.2. The number of hydrogen-bond donors (Lipinski definition) is 0. The van der Waals surface area contributed by atoms with Gasteiger partial charge in [0.2, 0.25) is 0 Å².